The molecule has 1 rings (SSSR count). The molecule has 2 nitrogen and oxygen atoms in total. The van der Waals surface area contributed by atoms with Gasteiger partial charge in [-0.05, 0) is 11.6 Å². The Bertz CT molecular complexity index is 285. The smallest absolute Gasteiger partial charge is 1.00 e. The van der Waals surface area contributed by atoms with Gasteiger partial charge < -0.3 is 6.16 Å². The Labute approximate surface area is 101 Å². The van der Waals surface area contributed by atoms with Gasteiger partial charge in [-0.25, -0.2) is 4.79 Å². The number of esters is 1. The van der Waals surface area contributed by atoms with Crippen molar-refractivity contribution in [1.29, 1.82) is 0 Å². The molecule has 0 saturated carbocycles. The van der Waals surface area contributed by atoms with Crippen LogP contribution in [0.15, 0.2) is 36.4 Å². The predicted octanol–water partition coefficient (Wildman–Crippen LogP) is -1.01. The fourth-order valence-corrected chi connectivity index (χ4v) is 0.796. The van der Waals surface area contributed by atoms with Crippen molar-refractivity contribution < 1.29 is 40.5 Å². The van der Waals surface area contributed by atoms with Gasteiger partial charge in [0, 0.05) is 6.08 Å². The quantitative estimate of drug-likeness (QED) is 0.336. The molecule has 0 fully saturated rings. The first-order valence-electron chi connectivity index (χ1n) is 3.64. The Balaban J connectivity index is 0. The second-order valence-corrected chi connectivity index (χ2v) is 2.27. The van der Waals surface area contributed by atoms with E-state index in [1.54, 1.807) is 6.08 Å². The maximum atomic E-state index is 10.7. The van der Waals surface area contributed by atoms with Gasteiger partial charge in [0.1, 0.15) is 0 Å². The number of rotatable bonds is 2. The SMILES string of the molecule is COC(=O)C=Cc1ccccc1.[H-].[Na+]. The number of ether oxygens (including phenoxy) is 1. The molecule has 0 aromatic heterocycles. The zero-order valence-electron chi connectivity index (χ0n) is 8.86. The standard InChI is InChI=1S/C10H10O2.Na.H/c1-12-10(11)8-7-9-5-3-2-4-6-9;;/h2-8H,1H3;;/q;+1;-1. The molecule has 1 aromatic carbocycles. The molecule has 64 valence electrons. The third-order valence-electron chi connectivity index (χ3n) is 1.41. The van der Waals surface area contributed by atoms with Gasteiger partial charge in [0.25, 0.3) is 0 Å². The summed E-state index contributed by atoms with van der Waals surface area (Å²) in [4.78, 5) is 10.7. The summed E-state index contributed by atoms with van der Waals surface area (Å²) in [6, 6.07) is 9.59. The maximum absolute atomic E-state index is 10.7. The van der Waals surface area contributed by atoms with Crippen molar-refractivity contribution in [2.24, 2.45) is 0 Å². The van der Waals surface area contributed by atoms with Crippen LogP contribution in [0.3, 0.4) is 0 Å². The minimum atomic E-state index is -0.334. The first-order chi connectivity index (χ1) is 5.83. The molecule has 0 spiro atoms. The Morgan fingerprint density at radius 1 is 1.38 bits per heavy atom. The van der Waals surface area contributed by atoms with Crippen molar-refractivity contribution >= 4 is 12.0 Å². The van der Waals surface area contributed by atoms with Gasteiger partial charge in [0.15, 0.2) is 0 Å². The second kappa shape index (κ2) is 6.89. The molecule has 0 aliphatic carbocycles. The first-order valence-corrected chi connectivity index (χ1v) is 3.64. The average molecular weight is 186 g/mol. The minimum absolute atomic E-state index is 0. The van der Waals surface area contributed by atoms with Crippen LogP contribution in [0, 0.1) is 0 Å². The fourth-order valence-electron chi connectivity index (χ4n) is 0.796. The van der Waals surface area contributed by atoms with E-state index in [1.165, 1.54) is 13.2 Å². The summed E-state index contributed by atoms with van der Waals surface area (Å²) in [5, 5.41) is 0. The summed E-state index contributed by atoms with van der Waals surface area (Å²) in [5.41, 5.74) is 0.989. The molecule has 0 aliphatic heterocycles. The van der Waals surface area contributed by atoms with Crippen LogP contribution in [-0.2, 0) is 9.53 Å². The van der Waals surface area contributed by atoms with Gasteiger partial charge in [-0.15, -0.1) is 0 Å². The zero-order chi connectivity index (χ0) is 8.81. The monoisotopic (exact) mass is 186 g/mol. The molecule has 0 atom stereocenters. The van der Waals surface area contributed by atoms with Crippen molar-refractivity contribution in [3.05, 3.63) is 42.0 Å². The Morgan fingerprint density at radius 3 is 2.54 bits per heavy atom. The van der Waals surface area contributed by atoms with Gasteiger partial charge in [-0.3, -0.25) is 0 Å². The number of methoxy groups -OCH3 is 1. The summed E-state index contributed by atoms with van der Waals surface area (Å²) in [6.45, 7) is 0. The first kappa shape index (κ1) is 12.4. The Morgan fingerprint density at radius 2 is 2.00 bits per heavy atom. The largest absolute Gasteiger partial charge is 1.00 e. The fraction of sp³-hybridized carbons (Fsp3) is 0.100. The van der Waals surface area contributed by atoms with Crippen LogP contribution in [0.25, 0.3) is 6.08 Å². The van der Waals surface area contributed by atoms with Gasteiger partial charge in [-0.2, -0.15) is 0 Å². The molecular formula is C10H11NaO2. The summed E-state index contributed by atoms with van der Waals surface area (Å²) in [5.74, 6) is -0.334. The maximum Gasteiger partial charge on any atom is 1.00 e. The predicted molar refractivity (Wildman–Crippen MR) is 48.6 cm³/mol. The van der Waals surface area contributed by atoms with Gasteiger partial charge in [0.05, 0.1) is 7.11 Å². The molecule has 0 heterocycles. The van der Waals surface area contributed by atoms with Crippen LogP contribution >= 0.6 is 0 Å². The number of hydrogen-bond acceptors (Lipinski definition) is 2. The summed E-state index contributed by atoms with van der Waals surface area (Å²) < 4.78 is 4.45. The van der Waals surface area contributed by atoms with Crippen molar-refractivity contribution in [3.8, 4) is 0 Å². The van der Waals surface area contributed by atoms with Crippen LogP contribution in [0.4, 0.5) is 0 Å². The van der Waals surface area contributed by atoms with Crippen LogP contribution in [0.5, 0.6) is 0 Å². The van der Waals surface area contributed by atoms with Crippen LogP contribution in [-0.4, -0.2) is 13.1 Å². The third kappa shape index (κ3) is 4.88. The molecule has 3 heteroatoms. The number of carbonyl (C=O) groups is 1. The summed E-state index contributed by atoms with van der Waals surface area (Å²) in [6.07, 6.45) is 3.11. The Kier molecular flexibility index (Phi) is 6.59. The van der Waals surface area contributed by atoms with E-state index in [0.717, 1.165) is 5.56 Å². The zero-order valence-corrected chi connectivity index (χ0v) is 9.86. The number of hydrogen-bond donors (Lipinski definition) is 0. The molecule has 0 saturated heterocycles. The van der Waals surface area contributed by atoms with Crippen molar-refractivity contribution in [1.82, 2.24) is 0 Å². The van der Waals surface area contributed by atoms with E-state index < -0.39 is 0 Å². The third-order valence-corrected chi connectivity index (χ3v) is 1.41. The molecule has 0 amide bonds. The topological polar surface area (TPSA) is 26.3 Å². The van der Waals surface area contributed by atoms with E-state index in [1.807, 2.05) is 30.3 Å². The van der Waals surface area contributed by atoms with E-state index in [9.17, 15) is 4.79 Å². The summed E-state index contributed by atoms with van der Waals surface area (Å²) >= 11 is 0. The number of benzene rings is 1. The van der Waals surface area contributed by atoms with Crippen molar-refractivity contribution in [3.63, 3.8) is 0 Å². The second-order valence-electron chi connectivity index (χ2n) is 2.27. The van der Waals surface area contributed by atoms with E-state index >= 15 is 0 Å². The van der Waals surface area contributed by atoms with E-state index in [4.69, 9.17) is 0 Å². The van der Waals surface area contributed by atoms with E-state index in [2.05, 4.69) is 4.74 Å². The van der Waals surface area contributed by atoms with Gasteiger partial charge in [0.2, 0.25) is 0 Å². The molecule has 13 heavy (non-hydrogen) atoms. The van der Waals surface area contributed by atoms with E-state index in [0.29, 0.717) is 0 Å². The molecule has 1 aromatic rings. The van der Waals surface area contributed by atoms with Crippen LogP contribution in [0.1, 0.15) is 6.99 Å². The molecular weight excluding hydrogens is 175 g/mol. The van der Waals surface area contributed by atoms with Crippen molar-refractivity contribution in [2.75, 3.05) is 7.11 Å². The van der Waals surface area contributed by atoms with Crippen molar-refractivity contribution in [2.45, 2.75) is 0 Å². The molecule has 0 radical (unpaired) electrons. The molecule has 0 N–H and O–H groups in total. The van der Waals surface area contributed by atoms with E-state index in [-0.39, 0.29) is 37.0 Å². The number of carbonyl (C=O) groups excluding carboxylic acids is 1. The Hall–Kier alpha value is -0.570. The average Bonchev–Trinajstić information content (AvgIpc) is 2.16. The molecule has 0 unspecified atom stereocenters. The van der Waals surface area contributed by atoms with Crippen LogP contribution < -0.4 is 29.6 Å². The van der Waals surface area contributed by atoms with Gasteiger partial charge in [-0.1, -0.05) is 30.3 Å². The molecule has 0 aliphatic rings. The minimum Gasteiger partial charge on any atom is -1.00 e. The normalized spacial score (nSPS) is 9.31. The van der Waals surface area contributed by atoms with Gasteiger partial charge >= 0.3 is 35.5 Å². The molecule has 0 bridgehead atoms. The van der Waals surface area contributed by atoms with Crippen LogP contribution in [0.2, 0.25) is 0 Å². The summed E-state index contributed by atoms with van der Waals surface area (Å²) in [7, 11) is 1.36.